The summed E-state index contributed by atoms with van der Waals surface area (Å²) in [5, 5.41) is 4.26. The van der Waals surface area contributed by atoms with Gasteiger partial charge in [-0.25, -0.2) is 8.42 Å². The average Bonchev–Trinajstić information content (AvgIpc) is 2.89. The lowest BCUT2D eigenvalue weighted by molar-refractivity contribution is -0.137. The van der Waals surface area contributed by atoms with Gasteiger partial charge >= 0.3 is 0 Å². The third-order valence-electron chi connectivity index (χ3n) is 5.91. The summed E-state index contributed by atoms with van der Waals surface area (Å²) >= 11 is 0. The number of carbonyl (C=O) groups is 3. The van der Waals surface area contributed by atoms with E-state index in [2.05, 4.69) is 10.0 Å². The van der Waals surface area contributed by atoms with E-state index in [1.807, 2.05) is 24.3 Å². The van der Waals surface area contributed by atoms with Crippen LogP contribution in [0.1, 0.15) is 21.5 Å². The van der Waals surface area contributed by atoms with Gasteiger partial charge in [-0.1, -0.05) is 66.7 Å². The standard InChI is InChI=1S/C28H25N3O5S/c1-18-11-13-22(31-37(35,36)23-14-12-20-9-5-6-10-21(20)16-23)17-24(18)28(34)30-25(26(32)27(29)33)15-19-7-3-2-4-8-19/h2-14,16-17,25,31H,15H2,1H3,(H2,29,33)(H,30,34). The fourth-order valence-electron chi connectivity index (χ4n) is 3.95. The highest BCUT2D eigenvalue weighted by molar-refractivity contribution is 7.92. The van der Waals surface area contributed by atoms with Crippen molar-refractivity contribution in [2.24, 2.45) is 5.73 Å². The Morgan fingerprint density at radius 1 is 0.838 bits per heavy atom. The molecular formula is C28H25N3O5S. The van der Waals surface area contributed by atoms with Crippen molar-refractivity contribution in [1.29, 1.82) is 0 Å². The van der Waals surface area contributed by atoms with Crippen LogP contribution in [0, 0.1) is 6.92 Å². The largest absolute Gasteiger partial charge is 0.363 e. The maximum Gasteiger partial charge on any atom is 0.287 e. The highest BCUT2D eigenvalue weighted by Gasteiger charge is 2.26. The van der Waals surface area contributed by atoms with Crippen LogP contribution >= 0.6 is 0 Å². The van der Waals surface area contributed by atoms with E-state index in [9.17, 15) is 22.8 Å². The van der Waals surface area contributed by atoms with Crippen LogP contribution in [0.2, 0.25) is 0 Å². The summed E-state index contributed by atoms with van der Waals surface area (Å²) in [6, 6.07) is 24.4. The number of ketones is 1. The van der Waals surface area contributed by atoms with Crippen LogP contribution in [0.5, 0.6) is 0 Å². The number of hydrogen-bond acceptors (Lipinski definition) is 5. The Kier molecular flexibility index (Phi) is 7.35. The van der Waals surface area contributed by atoms with Crippen molar-refractivity contribution in [3.05, 3.63) is 108 Å². The highest BCUT2D eigenvalue weighted by Crippen LogP contribution is 2.23. The molecule has 0 bridgehead atoms. The van der Waals surface area contributed by atoms with E-state index >= 15 is 0 Å². The number of benzene rings is 4. The number of primary amides is 1. The van der Waals surface area contributed by atoms with Crippen molar-refractivity contribution in [3.63, 3.8) is 0 Å². The second-order valence-corrected chi connectivity index (χ2v) is 10.3. The van der Waals surface area contributed by atoms with Crippen LogP contribution in [0.4, 0.5) is 5.69 Å². The summed E-state index contributed by atoms with van der Waals surface area (Å²) in [4.78, 5) is 37.2. The maximum absolute atomic E-state index is 13.1. The third kappa shape index (κ3) is 6.02. The van der Waals surface area contributed by atoms with Crippen LogP contribution in [-0.4, -0.2) is 32.1 Å². The maximum atomic E-state index is 13.1. The number of aryl methyl sites for hydroxylation is 1. The van der Waals surface area contributed by atoms with E-state index in [4.69, 9.17) is 5.73 Å². The second-order valence-electron chi connectivity index (χ2n) is 8.59. The second kappa shape index (κ2) is 10.6. The van der Waals surface area contributed by atoms with Crippen LogP contribution in [-0.2, 0) is 26.0 Å². The fraction of sp³-hybridized carbons (Fsp3) is 0.107. The van der Waals surface area contributed by atoms with Gasteiger partial charge in [-0.15, -0.1) is 0 Å². The van der Waals surface area contributed by atoms with E-state index in [1.54, 1.807) is 61.5 Å². The number of hydrogen-bond donors (Lipinski definition) is 3. The lowest BCUT2D eigenvalue weighted by Gasteiger charge is -2.18. The molecule has 1 atom stereocenters. The van der Waals surface area contributed by atoms with Crippen molar-refractivity contribution in [1.82, 2.24) is 5.32 Å². The van der Waals surface area contributed by atoms with Gasteiger partial charge in [-0.2, -0.15) is 0 Å². The first-order chi connectivity index (χ1) is 17.6. The van der Waals surface area contributed by atoms with Crippen molar-refractivity contribution in [2.75, 3.05) is 4.72 Å². The number of fused-ring (bicyclic) bond motifs is 1. The molecule has 0 aromatic heterocycles. The van der Waals surface area contributed by atoms with Gasteiger partial charge in [0.25, 0.3) is 21.8 Å². The lowest BCUT2D eigenvalue weighted by Crippen LogP contribution is -2.47. The molecule has 8 nitrogen and oxygen atoms in total. The van der Waals surface area contributed by atoms with Crippen LogP contribution < -0.4 is 15.8 Å². The quantitative estimate of drug-likeness (QED) is 0.294. The van der Waals surface area contributed by atoms with Gasteiger partial charge in [-0.3, -0.25) is 19.1 Å². The van der Waals surface area contributed by atoms with E-state index in [0.29, 0.717) is 5.56 Å². The zero-order valence-electron chi connectivity index (χ0n) is 20.0. The van der Waals surface area contributed by atoms with Crippen LogP contribution in [0.25, 0.3) is 10.8 Å². The molecule has 0 saturated heterocycles. The first-order valence-corrected chi connectivity index (χ1v) is 12.9. The van der Waals surface area contributed by atoms with Crippen LogP contribution in [0.15, 0.2) is 95.9 Å². The minimum absolute atomic E-state index is 0.0711. The van der Waals surface area contributed by atoms with E-state index in [1.165, 1.54) is 12.1 Å². The Hall–Kier alpha value is -4.50. The van der Waals surface area contributed by atoms with Crippen molar-refractivity contribution in [3.8, 4) is 0 Å². The summed E-state index contributed by atoms with van der Waals surface area (Å²) in [5.74, 6) is -2.72. The van der Waals surface area contributed by atoms with Crippen molar-refractivity contribution in [2.45, 2.75) is 24.3 Å². The molecule has 188 valence electrons. The minimum Gasteiger partial charge on any atom is -0.363 e. The normalized spacial score (nSPS) is 12.0. The number of amides is 2. The molecule has 0 radical (unpaired) electrons. The molecule has 4 aromatic carbocycles. The van der Waals surface area contributed by atoms with E-state index < -0.39 is 33.7 Å². The van der Waals surface area contributed by atoms with E-state index in [-0.39, 0.29) is 22.6 Å². The number of nitrogens with two attached hydrogens (primary N) is 1. The van der Waals surface area contributed by atoms with E-state index in [0.717, 1.165) is 16.3 Å². The zero-order valence-corrected chi connectivity index (χ0v) is 20.8. The number of rotatable bonds is 9. The molecule has 4 aromatic rings. The molecule has 0 aliphatic carbocycles. The Morgan fingerprint density at radius 2 is 1.51 bits per heavy atom. The van der Waals surface area contributed by atoms with Gasteiger partial charge in [0.1, 0.15) is 6.04 Å². The molecule has 1 unspecified atom stereocenters. The molecule has 2 amide bonds. The predicted molar refractivity (Wildman–Crippen MR) is 142 cm³/mol. The third-order valence-corrected chi connectivity index (χ3v) is 7.29. The minimum atomic E-state index is -3.95. The molecule has 4 N–H and O–H groups in total. The smallest absolute Gasteiger partial charge is 0.287 e. The SMILES string of the molecule is Cc1ccc(NS(=O)(=O)c2ccc3ccccc3c2)cc1C(=O)NC(Cc1ccccc1)C(=O)C(N)=O. The molecule has 4 rings (SSSR count). The van der Waals surface area contributed by atoms with Crippen LogP contribution in [0.3, 0.4) is 0 Å². The summed E-state index contributed by atoms with van der Waals surface area (Å²) in [6.07, 6.45) is 0.0711. The van der Waals surface area contributed by atoms with Gasteiger partial charge in [0.15, 0.2) is 0 Å². The van der Waals surface area contributed by atoms with Crippen molar-refractivity contribution < 1.29 is 22.8 Å². The topological polar surface area (TPSA) is 135 Å². The fourth-order valence-corrected chi connectivity index (χ4v) is 5.03. The summed E-state index contributed by atoms with van der Waals surface area (Å²) < 4.78 is 28.6. The molecule has 0 aliphatic rings. The van der Waals surface area contributed by atoms with Gasteiger partial charge in [-0.05, 0) is 53.1 Å². The molecule has 37 heavy (non-hydrogen) atoms. The Bertz CT molecular complexity index is 1600. The molecule has 0 heterocycles. The number of sulfonamides is 1. The molecule has 9 heteroatoms. The Morgan fingerprint density at radius 3 is 2.22 bits per heavy atom. The lowest BCUT2D eigenvalue weighted by atomic mass is 10.0. The average molecular weight is 516 g/mol. The first-order valence-electron chi connectivity index (χ1n) is 11.4. The Balaban J connectivity index is 1.58. The predicted octanol–water partition coefficient (Wildman–Crippen LogP) is 3.34. The molecule has 0 aliphatic heterocycles. The Labute approximate surface area is 214 Å². The summed E-state index contributed by atoms with van der Waals surface area (Å²) in [5.41, 5.74) is 6.80. The first kappa shape index (κ1) is 25.6. The van der Waals surface area contributed by atoms with Gasteiger partial charge in [0.2, 0.25) is 5.78 Å². The number of anilines is 1. The van der Waals surface area contributed by atoms with Gasteiger partial charge in [0, 0.05) is 17.7 Å². The van der Waals surface area contributed by atoms with Gasteiger partial charge < -0.3 is 11.1 Å². The molecule has 0 fully saturated rings. The van der Waals surface area contributed by atoms with Gasteiger partial charge in [0.05, 0.1) is 4.90 Å². The zero-order chi connectivity index (χ0) is 26.6. The highest BCUT2D eigenvalue weighted by atomic mass is 32.2. The monoisotopic (exact) mass is 515 g/mol. The molecule has 0 saturated carbocycles. The number of nitrogens with one attached hydrogen (secondary N) is 2. The number of Topliss-reactive ketones (excluding diaryl/α,β-unsaturated/α-hetero) is 1. The summed E-state index contributed by atoms with van der Waals surface area (Å²) in [6.45, 7) is 1.68. The number of carbonyl (C=O) groups excluding carboxylic acids is 3. The summed E-state index contributed by atoms with van der Waals surface area (Å²) in [7, 11) is -3.95. The van der Waals surface area contributed by atoms with Crippen molar-refractivity contribution >= 4 is 44.1 Å². The molecular weight excluding hydrogens is 490 g/mol. The molecule has 0 spiro atoms.